The molecule has 7 nitrogen and oxygen atoms in total. The highest BCUT2D eigenvalue weighted by Gasteiger charge is 2.26. The molecule has 1 aliphatic rings. The lowest BCUT2D eigenvalue weighted by Crippen LogP contribution is -2.51. The highest BCUT2D eigenvalue weighted by molar-refractivity contribution is 5.91. The standard InChI is InChI=1S/C13H18N4O3/c1-19-10-5-3-2-4-9(10)16-13(18)17-6-7-20-11(8-17)12(14)15/h2-5,11H,6-8H2,1H3,(H3,14,15)(H,16,18). The van der Waals surface area contributed by atoms with Gasteiger partial charge in [0.15, 0.2) is 0 Å². The summed E-state index contributed by atoms with van der Waals surface area (Å²) in [6, 6.07) is 6.92. The van der Waals surface area contributed by atoms with Gasteiger partial charge in [0.05, 0.1) is 25.9 Å². The van der Waals surface area contributed by atoms with Crippen molar-refractivity contribution in [2.45, 2.75) is 6.10 Å². The minimum Gasteiger partial charge on any atom is -0.495 e. The Bertz CT molecular complexity index is 506. The number of morpholine rings is 1. The highest BCUT2D eigenvalue weighted by atomic mass is 16.5. The predicted molar refractivity (Wildman–Crippen MR) is 75.2 cm³/mol. The third-order valence-corrected chi connectivity index (χ3v) is 3.05. The van der Waals surface area contributed by atoms with Crippen LogP contribution < -0.4 is 15.8 Å². The number of amidine groups is 1. The first-order valence-corrected chi connectivity index (χ1v) is 6.26. The van der Waals surface area contributed by atoms with Gasteiger partial charge in [-0.1, -0.05) is 12.1 Å². The number of urea groups is 1. The number of ether oxygens (including phenoxy) is 2. The Morgan fingerprint density at radius 1 is 1.55 bits per heavy atom. The molecular formula is C13H18N4O3. The molecule has 1 aliphatic heterocycles. The molecule has 0 aliphatic carbocycles. The van der Waals surface area contributed by atoms with Crippen molar-refractivity contribution in [2.24, 2.45) is 5.73 Å². The third kappa shape index (κ3) is 3.18. The van der Waals surface area contributed by atoms with E-state index in [1.165, 1.54) is 0 Å². The molecule has 0 spiro atoms. The summed E-state index contributed by atoms with van der Waals surface area (Å²) < 4.78 is 10.5. The summed E-state index contributed by atoms with van der Waals surface area (Å²) >= 11 is 0. The summed E-state index contributed by atoms with van der Waals surface area (Å²) in [6.45, 7) is 1.10. The van der Waals surface area contributed by atoms with Crippen molar-refractivity contribution in [3.8, 4) is 5.75 Å². The van der Waals surface area contributed by atoms with E-state index in [0.717, 1.165) is 0 Å². The van der Waals surface area contributed by atoms with Crippen LogP contribution in [0.1, 0.15) is 0 Å². The second-order valence-electron chi connectivity index (χ2n) is 4.39. The maximum absolute atomic E-state index is 12.2. The molecule has 0 saturated carbocycles. The maximum atomic E-state index is 12.2. The average Bonchev–Trinajstić information content (AvgIpc) is 2.48. The number of amides is 2. The Balaban J connectivity index is 2.02. The number of benzene rings is 1. The minimum atomic E-state index is -0.535. The van der Waals surface area contributed by atoms with Crippen LogP contribution in [0.2, 0.25) is 0 Å². The largest absolute Gasteiger partial charge is 0.495 e. The van der Waals surface area contributed by atoms with E-state index < -0.39 is 6.10 Å². The number of nitrogens with two attached hydrogens (primary N) is 1. The Labute approximate surface area is 117 Å². The van der Waals surface area contributed by atoms with E-state index in [0.29, 0.717) is 24.6 Å². The van der Waals surface area contributed by atoms with E-state index in [9.17, 15) is 4.79 Å². The van der Waals surface area contributed by atoms with Crippen LogP contribution >= 0.6 is 0 Å². The molecule has 1 aromatic rings. The van der Waals surface area contributed by atoms with Crippen LogP contribution in [0.4, 0.5) is 10.5 Å². The zero-order chi connectivity index (χ0) is 14.5. The van der Waals surface area contributed by atoms with Crippen LogP contribution in [0.3, 0.4) is 0 Å². The van der Waals surface area contributed by atoms with Gasteiger partial charge in [-0.3, -0.25) is 5.41 Å². The Morgan fingerprint density at radius 3 is 3.00 bits per heavy atom. The van der Waals surface area contributed by atoms with Crippen molar-refractivity contribution in [3.05, 3.63) is 24.3 Å². The van der Waals surface area contributed by atoms with Crippen molar-refractivity contribution in [2.75, 3.05) is 32.1 Å². The second kappa shape index (κ2) is 6.25. The van der Waals surface area contributed by atoms with E-state index in [1.54, 1.807) is 24.1 Å². The molecule has 4 N–H and O–H groups in total. The molecule has 1 aromatic carbocycles. The number of para-hydroxylation sites is 2. The van der Waals surface area contributed by atoms with Crippen LogP contribution in [0.15, 0.2) is 24.3 Å². The lowest BCUT2D eigenvalue weighted by molar-refractivity contribution is 0.0234. The molecule has 1 heterocycles. The zero-order valence-electron chi connectivity index (χ0n) is 11.3. The summed E-state index contributed by atoms with van der Waals surface area (Å²) in [7, 11) is 1.55. The van der Waals surface area contributed by atoms with Crippen molar-refractivity contribution in [3.63, 3.8) is 0 Å². The van der Waals surface area contributed by atoms with Gasteiger partial charge in [0.1, 0.15) is 17.7 Å². The molecule has 1 saturated heterocycles. The van der Waals surface area contributed by atoms with Gasteiger partial charge in [-0.15, -0.1) is 0 Å². The molecule has 0 bridgehead atoms. The first-order valence-electron chi connectivity index (χ1n) is 6.26. The van der Waals surface area contributed by atoms with Gasteiger partial charge in [0, 0.05) is 6.54 Å². The fraction of sp³-hybridized carbons (Fsp3) is 0.385. The molecule has 108 valence electrons. The fourth-order valence-corrected chi connectivity index (χ4v) is 1.96. The minimum absolute atomic E-state index is 0.0696. The lowest BCUT2D eigenvalue weighted by Gasteiger charge is -2.32. The van der Waals surface area contributed by atoms with Crippen molar-refractivity contribution >= 4 is 17.6 Å². The van der Waals surface area contributed by atoms with E-state index in [4.69, 9.17) is 20.6 Å². The Hall–Kier alpha value is -2.28. The van der Waals surface area contributed by atoms with Gasteiger partial charge in [0.2, 0.25) is 0 Å². The second-order valence-corrected chi connectivity index (χ2v) is 4.39. The van der Waals surface area contributed by atoms with Gasteiger partial charge in [-0.2, -0.15) is 0 Å². The van der Waals surface area contributed by atoms with E-state index >= 15 is 0 Å². The molecule has 0 radical (unpaired) electrons. The first-order chi connectivity index (χ1) is 9.61. The molecule has 1 unspecified atom stereocenters. The van der Waals surface area contributed by atoms with Crippen LogP contribution in [0.5, 0.6) is 5.75 Å². The number of carbonyl (C=O) groups is 1. The molecule has 2 amide bonds. The van der Waals surface area contributed by atoms with Gasteiger partial charge >= 0.3 is 6.03 Å². The molecule has 20 heavy (non-hydrogen) atoms. The van der Waals surface area contributed by atoms with Gasteiger partial charge in [-0.25, -0.2) is 4.79 Å². The summed E-state index contributed by atoms with van der Waals surface area (Å²) in [5.41, 5.74) is 6.01. The number of anilines is 1. The molecular weight excluding hydrogens is 260 g/mol. The number of hydrogen-bond acceptors (Lipinski definition) is 4. The van der Waals surface area contributed by atoms with E-state index in [2.05, 4.69) is 5.32 Å². The maximum Gasteiger partial charge on any atom is 0.322 e. The molecule has 1 atom stereocenters. The highest BCUT2D eigenvalue weighted by Crippen LogP contribution is 2.23. The summed E-state index contributed by atoms with van der Waals surface area (Å²) in [4.78, 5) is 13.8. The van der Waals surface area contributed by atoms with Crippen LogP contribution in [-0.2, 0) is 4.74 Å². The smallest absolute Gasteiger partial charge is 0.322 e. The Kier molecular flexibility index (Phi) is 4.41. The number of carbonyl (C=O) groups excluding carboxylic acids is 1. The van der Waals surface area contributed by atoms with Crippen LogP contribution in [-0.4, -0.2) is 49.7 Å². The first kappa shape index (κ1) is 14.1. The number of hydrogen-bond donors (Lipinski definition) is 3. The van der Waals surface area contributed by atoms with E-state index in [1.807, 2.05) is 12.1 Å². The molecule has 0 aromatic heterocycles. The lowest BCUT2D eigenvalue weighted by atomic mass is 10.2. The van der Waals surface area contributed by atoms with Crippen LogP contribution in [0.25, 0.3) is 0 Å². The third-order valence-electron chi connectivity index (χ3n) is 3.05. The van der Waals surface area contributed by atoms with Crippen LogP contribution in [0, 0.1) is 5.41 Å². The quantitative estimate of drug-likeness (QED) is 0.564. The fourth-order valence-electron chi connectivity index (χ4n) is 1.96. The number of rotatable bonds is 3. The topological polar surface area (TPSA) is 101 Å². The summed E-state index contributed by atoms with van der Waals surface area (Å²) in [6.07, 6.45) is -0.535. The number of nitrogens with one attached hydrogen (secondary N) is 2. The van der Waals surface area contributed by atoms with Crippen molar-refractivity contribution in [1.29, 1.82) is 5.41 Å². The molecule has 7 heteroatoms. The SMILES string of the molecule is COc1ccccc1NC(=O)N1CCOC(C(=N)N)C1. The molecule has 2 rings (SSSR count). The Morgan fingerprint density at radius 2 is 2.30 bits per heavy atom. The summed E-state index contributed by atoms with van der Waals surface area (Å²) in [5.74, 6) is 0.525. The van der Waals surface area contributed by atoms with Crippen molar-refractivity contribution < 1.29 is 14.3 Å². The number of nitrogens with zero attached hydrogens (tertiary/aromatic N) is 1. The summed E-state index contributed by atoms with van der Waals surface area (Å²) in [5, 5.41) is 10.2. The van der Waals surface area contributed by atoms with Crippen molar-refractivity contribution in [1.82, 2.24) is 4.90 Å². The monoisotopic (exact) mass is 278 g/mol. The molecule has 1 fully saturated rings. The normalized spacial score (nSPS) is 18.4. The van der Waals surface area contributed by atoms with Gasteiger partial charge in [-0.05, 0) is 12.1 Å². The number of methoxy groups -OCH3 is 1. The average molecular weight is 278 g/mol. The van der Waals surface area contributed by atoms with Gasteiger partial charge in [0.25, 0.3) is 0 Å². The van der Waals surface area contributed by atoms with E-state index in [-0.39, 0.29) is 18.4 Å². The predicted octanol–water partition coefficient (Wildman–Crippen LogP) is 0.864. The zero-order valence-corrected chi connectivity index (χ0v) is 11.3. The van der Waals surface area contributed by atoms with Gasteiger partial charge < -0.3 is 25.4 Å².